The highest BCUT2D eigenvalue weighted by atomic mass is 32.1. The Bertz CT molecular complexity index is 1020. The number of hydrogen-bond acceptors (Lipinski definition) is 3. The van der Waals surface area contributed by atoms with E-state index in [1.165, 1.54) is 10.9 Å². The van der Waals surface area contributed by atoms with E-state index in [0.29, 0.717) is 29.0 Å². The number of H-pyrrole nitrogens is 3. The molecule has 2 heterocycles. The van der Waals surface area contributed by atoms with E-state index in [2.05, 4.69) is 26.3 Å². The van der Waals surface area contributed by atoms with Gasteiger partial charge in [0.2, 0.25) is 5.91 Å². The summed E-state index contributed by atoms with van der Waals surface area (Å²) in [5, 5.41) is 4.09. The Morgan fingerprint density at radius 3 is 2.80 bits per heavy atom. The summed E-state index contributed by atoms with van der Waals surface area (Å²) in [4.78, 5) is 32.6. The Morgan fingerprint density at radius 2 is 2.00 bits per heavy atom. The van der Waals surface area contributed by atoms with Crippen molar-refractivity contribution in [1.82, 2.24) is 20.3 Å². The number of rotatable bonds is 6. The van der Waals surface area contributed by atoms with Crippen molar-refractivity contribution in [3.05, 3.63) is 62.4 Å². The Hall–Kier alpha value is -2.67. The lowest BCUT2D eigenvalue weighted by Crippen LogP contribution is -2.27. The fourth-order valence-corrected chi connectivity index (χ4v) is 3.17. The molecule has 3 aromatic rings. The smallest absolute Gasteiger partial charge is 0.255 e. The number of aromatic amines is 3. The molecule has 0 aliphatic rings. The van der Waals surface area contributed by atoms with Gasteiger partial charge in [0.15, 0.2) is 4.77 Å². The van der Waals surface area contributed by atoms with Crippen molar-refractivity contribution in [3.8, 4) is 0 Å². The fraction of sp³-hybridized carbons (Fsp3) is 0.278. The van der Waals surface area contributed by atoms with Crippen LogP contribution in [0, 0.1) is 11.7 Å². The minimum absolute atomic E-state index is 0.0684. The second kappa shape index (κ2) is 7.48. The minimum Gasteiger partial charge on any atom is -0.361 e. The first-order valence-corrected chi connectivity index (χ1v) is 8.59. The van der Waals surface area contributed by atoms with E-state index in [4.69, 9.17) is 12.2 Å². The second-order valence-electron chi connectivity index (χ2n) is 5.97. The third kappa shape index (κ3) is 4.06. The molecule has 3 rings (SSSR count). The Morgan fingerprint density at radius 1 is 1.20 bits per heavy atom. The molecule has 0 aliphatic heterocycles. The largest absolute Gasteiger partial charge is 0.361 e. The lowest BCUT2D eigenvalue weighted by molar-refractivity contribution is -0.121. The van der Waals surface area contributed by atoms with Crippen LogP contribution < -0.4 is 10.9 Å². The van der Waals surface area contributed by atoms with Gasteiger partial charge in [-0.2, -0.15) is 0 Å². The van der Waals surface area contributed by atoms with Gasteiger partial charge in [-0.05, 0) is 43.6 Å². The molecule has 0 spiro atoms. The van der Waals surface area contributed by atoms with Gasteiger partial charge in [0, 0.05) is 41.3 Å². The van der Waals surface area contributed by atoms with Gasteiger partial charge >= 0.3 is 0 Å². The number of aryl methyl sites for hydroxylation is 1. The van der Waals surface area contributed by atoms with Crippen molar-refractivity contribution >= 4 is 29.0 Å². The Balaban J connectivity index is 1.52. The Labute approximate surface area is 149 Å². The first kappa shape index (κ1) is 17.2. The van der Waals surface area contributed by atoms with Gasteiger partial charge in [0.25, 0.3) is 5.56 Å². The van der Waals surface area contributed by atoms with Crippen LogP contribution in [0.5, 0.6) is 0 Å². The molecule has 2 aromatic heterocycles. The van der Waals surface area contributed by atoms with E-state index in [9.17, 15) is 9.59 Å². The quantitative estimate of drug-likeness (QED) is 0.511. The third-order valence-electron chi connectivity index (χ3n) is 4.25. The fourth-order valence-electron chi connectivity index (χ4n) is 2.93. The summed E-state index contributed by atoms with van der Waals surface area (Å²) in [6.45, 7) is 2.35. The van der Waals surface area contributed by atoms with Crippen LogP contribution in [0.3, 0.4) is 0 Å². The second-order valence-corrected chi connectivity index (χ2v) is 6.38. The van der Waals surface area contributed by atoms with Crippen molar-refractivity contribution in [1.29, 1.82) is 0 Å². The van der Waals surface area contributed by atoms with E-state index in [-0.39, 0.29) is 17.9 Å². The van der Waals surface area contributed by atoms with Gasteiger partial charge in [-0.25, -0.2) is 0 Å². The van der Waals surface area contributed by atoms with E-state index in [1.807, 2.05) is 24.4 Å². The zero-order chi connectivity index (χ0) is 17.8. The van der Waals surface area contributed by atoms with Crippen molar-refractivity contribution in [2.45, 2.75) is 26.2 Å². The van der Waals surface area contributed by atoms with Crippen LogP contribution in [-0.2, 0) is 17.6 Å². The highest BCUT2D eigenvalue weighted by molar-refractivity contribution is 7.71. The zero-order valence-electron chi connectivity index (χ0n) is 13.9. The molecule has 0 fully saturated rings. The molecule has 0 saturated heterocycles. The molecule has 6 nitrogen and oxygen atoms in total. The van der Waals surface area contributed by atoms with Crippen LogP contribution in [0.25, 0.3) is 10.9 Å². The molecule has 0 saturated carbocycles. The molecule has 4 N–H and O–H groups in total. The number of amides is 1. The Kier molecular flexibility index (Phi) is 5.14. The van der Waals surface area contributed by atoms with Crippen LogP contribution in [0.1, 0.15) is 23.2 Å². The average molecular weight is 356 g/mol. The van der Waals surface area contributed by atoms with E-state index in [0.717, 1.165) is 11.9 Å². The van der Waals surface area contributed by atoms with E-state index in [1.54, 1.807) is 6.92 Å². The maximum Gasteiger partial charge on any atom is 0.255 e. The van der Waals surface area contributed by atoms with E-state index < -0.39 is 0 Å². The summed E-state index contributed by atoms with van der Waals surface area (Å²) < 4.78 is 0.300. The molecule has 0 radical (unpaired) electrons. The van der Waals surface area contributed by atoms with Gasteiger partial charge in [0.05, 0.1) is 0 Å². The van der Waals surface area contributed by atoms with Gasteiger partial charge < -0.3 is 15.3 Å². The zero-order valence-corrected chi connectivity index (χ0v) is 14.8. The normalized spacial score (nSPS) is 10.9. The maximum absolute atomic E-state index is 12.0. The first-order valence-electron chi connectivity index (χ1n) is 8.18. The van der Waals surface area contributed by atoms with Crippen LogP contribution in [-0.4, -0.2) is 27.4 Å². The van der Waals surface area contributed by atoms with Crippen LogP contribution in [0.2, 0.25) is 0 Å². The van der Waals surface area contributed by atoms with Gasteiger partial charge in [-0.15, -0.1) is 0 Å². The summed E-state index contributed by atoms with van der Waals surface area (Å²) in [6, 6.07) is 8.09. The predicted molar refractivity (Wildman–Crippen MR) is 100 cm³/mol. The number of nitrogens with one attached hydrogen (secondary N) is 4. The monoisotopic (exact) mass is 356 g/mol. The lowest BCUT2D eigenvalue weighted by atomic mass is 10.1. The number of hydrogen-bond donors (Lipinski definition) is 4. The molecule has 130 valence electrons. The van der Waals surface area contributed by atoms with Crippen LogP contribution in [0.4, 0.5) is 0 Å². The SMILES string of the molecule is Cc1[nH]c(=S)[nH]c(=O)c1CCC(=O)NCCc1c[nH]c2ccccc12. The van der Waals surface area contributed by atoms with E-state index >= 15 is 0 Å². The summed E-state index contributed by atoms with van der Waals surface area (Å²) in [6.07, 6.45) is 3.38. The molecule has 0 bridgehead atoms. The summed E-state index contributed by atoms with van der Waals surface area (Å²) in [7, 11) is 0. The molecule has 0 aliphatic carbocycles. The van der Waals surface area contributed by atoms with Gasteiger partial charge in [-0.1, -0.05) is 18.2 Å². The standard InChI is InChI=1S/C18H20N4O2S/c1-11-13(17(24)22-18(25)21-11)6-7-16(23)19-9-8-12-10-20-15-5-3-2-4-14(12)15/h2-5,10,20H,6-9H2,1H3,(H,19,23)(H2,21,22,24,25). The number of carbonyl (C=O) groups is 1. The van der Waals surface area contributed by atoms with Crippen molar-refractivity contribution < 1.29 is 4.79 Å². The van der Waals surface area contributed by atoms with Gasteiger partial charge in [0.1, 0.15) is 0 Å². The molecule has 25 heavy (non-hydrogen) atoms. The molecule has 0 unspecified atom stereocenters. The summed E-state index contributed by atoms with van der Waals surface area (Å²) in [5.41, 5.74) is 3.33. The molecule has 7 heteroatoms. The third-order valence-corrected chi connectivity index (χ3v) is 4.45. The molecular weight excluding hydrogens is 336 g/mol. The lowest BCUT2D eigenvalue weighted by Gasteiger charge is -2.06. The first-order chi connectivity index (χ1) is 12.0. The molecule has 1 amide bonds. The van der Waals surface area contributed by atoms with Crippen LogP contribution in [0.15, 0.2) is 35.3 Å². The number of benzene rings is 1. The van der Waals surface area contributed by atoms with Crippen molar-refractivity contribution in [3.63, 3.8) is 0 Å². The molecule has 0 atom stereocenters. The highest BCUT2D eigenvalue weighted by Gasteiger charge is 2.09. The van der Waals surface area contributed by atoms with Crippen LogP contribution >= 0.6 is 12.2 Å². The predicted octanol–water partition coefficient (Wildman–Crippen LogP) is 2.51. The molecule has 1 aromatic carbocycles. The number of fused-ring (bicyclic) bond motifs is 1. The molecular formula is C18H20N4O2S. The summed E-state index contributed by atoms with van der Waals surface area (Å²) >= 11 is 4.92. The number of aromatic nitrogens is 3. The number of para-hydroxylation sites is 1. The van der Waals surface area contributed by atoms with Crippen molar-refractivity contribution in [2.75, 3.05) is 6.54 Å². The van der Waals surface area contributed by atoms with Gasteiger partial charge in [-0.3, -0.25) is 14.6 Å². The minimum atomic E-state index is -0.229. The number of carbonyl (C=O) groups excluding carboxylic acids is 1. The van der Waals surface area contributed by atoms with Crippen molar-refractivity contribution in [2.24, 2.45) is 0 Å². The topological polar surface area (TPSA) is 93.5 Å². The highest BCUT2D eigenvalue weighted by Crippen LogP contribution is 2.17. The summed E-state index contributed by atoms with van der Waals surface area (Å²) in [5.74, 6) is -0.0684. The maximum atomic E-state index is 12.0. The average Bonchev–Trinajstić information content (AvgIpc) is 2.97.